The highest BCUT2D eigenvalue weighted by Crippen LogP contribution is 2.31. The molecule has 6 nitrogen and oxygen atoms in total. The van der Waals surface area contributed by atoms with Crippen molar-refractivity contribution in [3.63, 3.8) is 0 Å². The topological polar surface area (TPSA) is 77.5 Å². The van der Waals surface area contributed by atoms with Gasteiger partial charge >= 0.3 is 0 Å². The number of hydrogen-bond acceptors (Lipinski definition) is 6. The Kier molecular flexibility index (Phi) is 6.05. The molecule has 0 saturated heterocycles. The molecule has 0 fully saturated rings. The van der Waals surface area contributed by atoms with Crippen LogP contribution in [0.3, 0.4) is 0 Å². The van der Waals surface area contributed by atoms with Gasteiger partial charge in [0.1, 0.15) is 13.2 Å². The maximum atomic E-state index is 12.4. The lowest BCUT2D eigenvalue weighted by atomic mass is 10.1. The Morgan fingerprint density at radius 3 is 2.72 bits per heavy atom. The summed E-state index contributed by atoms with van der Waals surface area (Å²) in [7, 11) is 0. The predicted molar refractivity (Wildman–Crippen MR) is 112 cm³/mol. The van der Waals surface area contributed by atoms with Gasteiger partial charge in [0.25, 0.3) is 0 Å². The van der Waals surface area contributed by atoms with Crippen molar-refractivity contribution in [2.24, 2.45) is 0 Å². The SMILES string of the molecule is O=C(CCC(=O)c1ccc2c(c1)OCCO2)NCCCc1nc2ccccc2s1. The molecule has 0 spiro atoms. The van der Waals surface area contributed by atoms with Gasteiger partial charge in [0.2, 0.25) is 5.91 Å². The quantitative estimate of drug-likeness (QED) is 0.452. The summed E-state index contributed by atoms with van der Waals surface area (Å²) in [6.45, 7) is 1.57. The van der Waals surface area contributed by atoms with Crippen LogP contribution in [0.25, 0.3) is 10.2 Å². The summed E-state index contributed by atoms with van der Waals surface area (Å²) >= 11 is 1.69. The highest BCUT2D eigenvalue weighted by molar-refractivity contribution is 7.18. The van der Waals surface area contributed by atoms with Gasteiger partial charge in [-0.3, -0.25) is 9.59 Å². The van der Waals surface area contributed by atoms with E-state index in [-0.39, 0.29) is 24.5 Å². The van der Waals surface area contributed by atoms with E-state index in [0.717, 1.165) is 23.4 Å². The maximum absolute atomic E-state index is 12.4. The van der Waals surface area contributed by atoms with Gasteiger partial charge in [-0.15, -0.1) is 11.3 Å². The number of aromatic nitrogens is 1. The molecule has 1 aliphatic heterocycles. The van der Waals surface area contributed by atoms with Crippen molar-refractivity contribution in [1.82, 2.24) is 10.3 Å². The van der Waals surface area contributed by atoms with Gasteiger partial charge < -0.3 is 14.8 Å². The van der Waals surface area contributed by atoms with E-state index in [1.165, 1.54) is 4.70 Å². The van der Waals surface area contributed by atoms with Crippen LogP contribution in [0.1, 0.15) is 34.6 Å². The second-order valence-electron chi connectivity index (χ2n) is 6.81. The van der Waals surface area contributed by atoms with Crippen molar-refractivity contribution in [2.75, 3.05) is 19.8 Å². The Balaban J connectivity index is 1.18. The fourth-order valence-electron chi connectivity index (χ4n) is 3.17. The Morgan fingerprint density at radius 2 is 1.86 bits per heavy atom. The number of Topliss-reactive ketones (excluding diaryl/α,β-unsaturated/α-hetero) is 1. The van der Waals surface area contributed by atoms with Crippen LogP contribution in [0.2, 0.25) is 0 Å². The van der Waals surface area contributed by atoms with Crippen LogP contribution >= 0.6 is 11.3 Å². The summed E-state index contributed by atoms with van der Waals surface area (Å²) in [6, 6.07) is 13.2. The number of hydrogen-bond donors (Lipinski definition) is 1. The summed E-state index contributed by atoms with van der Waals surface area (Å²) in [5.74, 6) is 1.05. The van der Waals surface area contributed by atoms with Gasteiger partial charge in [-0.2, -0.15) is 0 Å². The third-order valence-corrected chi connectivity index (χ3v) is 5.77. The number of aryl methyl sites for hydroxylation is 1. The molecule has 0 atom stereocenters. The first-order chi connectivity index (χ1) is 14.2. The molecule has 2 aromatic carbocycles. The normalized spacial score (nSPS) is 12.7. The molecule has 0 unspecified atom stereocenters. The number of benzene rings is 2. The summed E-state index contributed by atoms with van der Waals surface area (Å²) in [6.07, 6.45) is 2.00. The zero-order valence-corrected chi connectivity index (χ0v) is 16.8. The van der Waals surface area contributed by atoms with Crippen molar-refractivity contribution in [3.05, 3.63) is 53.0 Å². The van der Waals surface area contributed by atoms with Gasteiger partial charge in [-0.1, -0.05) is 12.1 Å². The van der Waals surface area contributed by atoms with E-state index in [1.54, 1.807) is 29.5 Å². The number of rotatable bonds is 8. The number of ether oxygens (including phenoxy) is 2. The van der Waals surface area contributed by atoms with Crippen LogP contribution in [0.4, 0.5) is 0 Å². The number of ketones is 1. The van der Waals surface area contributed by atoms with Crippen LogP contribution in [0.15, 0.2) is 42.5 Å². The zero-order valence-electron chi connectivity index (χ0n) is 16.0. The standard InChI is InChI=1S/C22H22N2O4S/c25-17(15-7-9-18-19(14-15)28-13-12-27-18)8-10-21(26)23-11-3-6-22-24-16-4-1-2-5-20(16)29-22/h1-2,4-5,7,9,14H,3,6,8,10-13H2,(H,23,26). The fourth-order valence-corrected chi connectivity index (χ4v) is 4.18. The number of amides is 1. The minimum absolute atomic E-state index is 0.0772. The number of nitrogens with zero attached hydrogens (tertiary/aromatic N) is 1. The van der Waals surface area contributed by atoms with Gasteiger partial charge in [-0.05, 0) is 36.8 Å². The van der Waals surface area contributed by atoms with E-state index in [1.807, 2.05) is 18.2 Å². The van der Waals surface area contributed by atoms with Gasteiger partial charge in [-0.25, -0.2) is 4.98 Å². The van der Waals surface area contributed by atoms with E-state index < -0.39 is 0 Å². The summed E-state index contributed by atoms with van der Waals surface area (Å²) < 4.78 is 12.1. The molecule has 3 aromatic rings. The van der Waals surface area contributed by atoms with Crippen molar-refractivity contribution in [3.8, 4) is 11.5 Å². The smallest absolute Gasteiger partial charge is 0.220 e. The molecule has 4 rings (SSSR count). The minimum Gasteiger partial charge on any atom is -0.486 e. The lowest BCUT2D eigenvalue weighted by Gasteiger charge is -2.18. The third-order valence-electron chi connectivity index (χ3n) is 4.67. The number of carbonyl (C=O) groups is 2. The Labute approximate surface area is 172 Å². The molecule has 1 aromatic heterocycles. The average Bonchev–Trinajstić information content (AvgIpc) is 3.17. The number of nitrogens with one attached hydrogen (secondary N) is 1. The predicted octanol–water partition coefficient (Wildman–Crippen LogP) is 3.78. The highest BCUT2D eigenvalue weighted by atomic mass is 32.1. The fraction of sp³-hybridized carbons (Fsp3) is 0.318. The van der Waals surface area contributed by atoms with E-state index in [4.69, 9.17) is 9.47 Å². The second-order valence-corrected chi connectivity index (χ2v) is 7.93. The molecule has 1 aliphatic rings. The van der Waals surface area contributed by atoms with E-state index in [2.05, 4.69) is 16.4 Å². The first-order valence-corrected chi connectivity index (χ1v) is 10.5. The first-order valence-electron chi connectivity index (χ1n) is 9.73. The molecular weight excluding hydrogens is 388 g/mol. The number of carbonyl (C=O) groups excluding carboxylic acids is 2. The molecule has 1 N–H and O–H groups in total. The summed E-state index contributed by atoms with van der Waals surface area (Å²) in [5, 5.41) is 3.96. The molecule has 0 saturated carbocycles. The Hall–Kier alpha value is -2.93. The van der Waals surface area contributed by atoms with Crippen LogP contribution < -0.4 is 14.8 Å². The Bertz CT molecular complexity index is 998. The van der Waals surface area contributed by atoms with E-state index >= 15 is 0 Å². The van der Waals surface area contributed by atoms with Crippen LogP contribution in [0, 0.1) is 0 Å². The Morgan fingerprint density at radius 1 is 1.03 bits per heavy atom. The van der Waals surface area contributed by atoms with E-state index in [9.17, 15) is 9.59 Å². The second kappa shape index (κ2) is 9.05. The first kappa shape index (κ1) is 19.4. The lowest BCUT2D eigenvalue weighted by molar-refractivity contribution is -0.121. The van der Waals surface area contributed by atoms with Crippen molar-refractivity contribution >= 4 is 33.2 Å². The molecular formula is C22H22N2O4S. The number of para-hydroxylation sites is 1. The minimum atomic E-state index is -0.111. The maximum Gasteiger partial charge on any atom is 0.220 e. The molecule has 1 amide bonds. The van der Waals surface area contributed by atoms with Crippen molar-refractivity contribution in [1.29, 1.82) is 0 Å². The molecule has 150 valence electrons. The molecule has 0 radical (unpaired) electrons. The zero-order chi connectivity index (χ0) is 20.1. The lowest BCUT2D eigenvalue weighted by Crippen LogP contribution is -2.25. The summed E-state index contributed by atoms with van der Waals surface area (Å²) in [4.78, 5) is 29.0. The van der Waals surface area contributed by atoms with Gasteiger partial charge in [0, 0.05) is 31.4 Å². The largest absolute Gasteiger partial charge is 0.486 e. The van der Waals surface area contributed by atoms with Crippen molar-refractivity contribution in [2.45, 2.75) is 25.7 Å². The monoisotopic (exact) mass is 410 g/mol. The summed E-state index contributed by atoms with van der Waals surface area (Å²) in [5.41, 5.74) is 1.56. The highest BCUT2D eigenvalue weighted by Gasteiger charge is 2.15. The third kappa shape index (κ3) is 4.92. The number of fused-ring (bicyclic) bond motifs is 2. The number of thiazole rings is 1. The van der Waals surface area contributed by atoms with E-state index in [0.29, 0.717) is 36.8 Å². The van der Waals surface area contributed by atoms with Crippen LogP contribution in [-0.2, 0) is 11.2 Å². The molecule has 0 aliphatic carbocycles. The molecule has 7 heteroatoms. The van der Waals surface area contributed by atoms with Gasteiger partial charge in [0.15, 0.2) is 17.3 Å². The van der Waals surface area contributed by atoms with Crippen LogP contribution in [0.5, 0.6) is 11.5 Å². The van der Waals surface area contributed by atoms with Crippen molar-refractivity contribution < 1.29 is 19.1 Å². The average molecular weight is 410 g/mol. The molecule has 2 heterocycles. The molecule has 0 bridgehead atoms. The van der Waals surface area contributed by atoms with Gasteiger partial charge in [0.05, 0.1) is 15.2 Å². The van der Waals surface area contributed by atoms with Crippen LogP contribution in [-0.4, -0.2) is 36.4 Å². The molecule has 29 heavy (non-hydrogen) atoms.